The van der Waals surface area contributed by atoms with E-state index in [1.54, 1.807) is 0 Å². The Hall–Kier alpha value is -0.710. The SMILES string of the molecule is CC1CN(C(=O)C2CCCCC2C(=O)O)CCS1. The third-order valence-corrected chi connectivity index (χ3v) is 5.09. The fourth-order valence-electron chi connectivity index (χ4n) is 2.98. The Bertz CT molecular complexity index is 334. The van der Waals surface area contributed by atoms with Crippen LogP contribution in [0.25, 0.3) is 0 Å². The van der Waals surface area contributed by atoms with E-state index in [0.29, 0.717) is 11.7 Å². The predicted molar refractivity (Wildman–Crippen MR) is 71.6 cm³/mol. The summed E-state index contributed by atoms with van der Waals surface area (Å²) >= 11 is 1.88. The van der Waals surface area contributed by atoms with Crippen LogP contribution in [0.15, 0.2) is 0 Å². The summed E-state index contributed by atoms with van der Waals surface area (Å²) in [6.45, 7) is 3.67. The number of aliphatic carboxylic acids is 1. The van der Waals surface area contributed by atoms with Crippen LogP contribution in [0.1, 0.15) is 32.6 Å². The molecule has 5 heteroatoms. The second-order valence-electron chi connectivity index (χ2n) is 5.30. The minimum absolute atomic E-state index is 0.0780. The van der Waals surface area contributed by atoms with E-state index < -0.39 is 11.9 Å². The number of carbonyl (C=O) groups excluding carboxylic acids is 1. The largest absolute Gasteiger partial charge is 0.481 e. The number of hydrogen-bond acceptors (Lipinski definition) is 3. The molecule has 1 amide bonds. The van der Waals surface area contributed by atoms with Gasteiger partial charge in [0.05, 0.1) is 11.8 Å². The van der Waals surface area contributed by atoms with E-state index in [0.717, 1.165) is 38.1 Å². The van der Waals surface area contributed by atoms with Crippen molar-refractivity contribution in [3.63, 3.8) is 0 Å². The summed E-state index contributed by atoms with van der Waals surface area (Å²) < 4.78 is 0. The molecule has 3 unspecified atom stereocenters. The molecule has 2 fully saturated rings. The van der Waals surface area contributed by atoms with Gasteiger partial charge in [0, 0.05) is 24.1 Å². The van der Waals surface area contributed by atoms with Gasteiger partial charge in [0.2, 0.25) is 5.91 Å². The molecule has 1 aliphatic heterocycles. The Labute approximate surface area is 112 Å². The molecular weight excluding hydrogens is 250 g/mol. The van der Waals surface area contributed by atoms with E-state index in [-0.39, 0.29) is 11.8 Å². The average molecular weight is 271 g/mol. The van der Waals surface area contributed by atoms with Crippen molar-refractivity contribution in [2.75, 3.05) is 18.8 Å². The monoisotopic (exact) mass is 271 g/mol. The van der Waals surface area contributed by atoms with Gasteiger partial charge in [0.1, 0.15) is 0 Å². The van der Waals surface area contributed by atoms with Crippen LogP contribution in [0.5, 0.6) is 0 Å². The topological polar surface area (TPSA) is 57.6 Å². The average Bonchev–Trinajstić information content (AvgIpc) is 2.38. The van der Waals surface area contributed by atoms with E-state index in [9.17, 15) is 14.7 Å². The van der Waals surface area contributed by atoms with Crippen LogP contribution in [-0.2, 0) is 9.59 Å². The van der Waals surface area contributed by atoms with Gasteiger partial charge >= 0.3 is 5.97 Å². The van der Waals surface area contributed by atoms with Crippen LogP contribution in [0.3, 0.4) is 0 Å². The van der Waals surface area contributed by atoms with Crippen LogP contribution in [-0.4, -0.2) is 46.0 Å². The van der Waals surface area contributed by atoms with Crippen LogP contribution in [0.4, 0.5) is 0 Å². The molecule has 1 N–H and O–H groups in total. The first-order valence-electron chi connectivity index (χ1n) is 6.73. The molecule has 0 bridgehead atoms. The molecule has 2 rings (SSSR count). The maximum atomic E-state index is 12.5. The fraction of sp³-hybridized carbons (Fsp3) is 0.846. The zero-order chi connectivity index (χ0) is 13.1. The van der Waals surface area contributed by atoms with Gasteiger partial charge in [-0.25, -0.2) is 0 Å². The van der Waals surface area contributed by atoms with Crippen molar-refractivity contribution < 1.29 is 14.7 Å². The second-order valence-corrected chi connectivity index (χ2v) is 6.85. The first-order valence-corrected chi connectivity index (χ1v) is 7.77. The molecule has 0 aromatic carbocycles. The van der Waals surface area contributed by atoms with E-state index in [4.69, 9.17) is 0 Å². The van der Waals surface area contributed by atoms with Gasteiger partial charge in [-0.1, -0.05) is 19.8 Å². The number of hydrogen-bond donors (Lipinski definition) is 1. The zero-order valence-corrected chi connectivity index (χ0v) is 11.6. The summed E-state index contributed by atoms with van der Waals surface area (Å²) in [4.78, 5) is 25.6. The lowest BCUT2D eigenvalue weighted by molar-refractivity contribution is -0.152. The Kier molecular flexibility index (Phi) is 4.54. The summed E-state index contributed by atoms with van der Waals surface area (Å²) in [6.07, 6.45) is 3.32. The van der Waals surface area contributed by atoms with Crippen LogP contribution in [0.2, 0.25) is 0 Å². The highest BCUT2D eigenvalue weighted by Gasteiger charge is 2.38. The van der Waals surface area contributed by atoms with Crippen molar-refractivity contribution in [2.24, 2.45) is 11.8 Å². The van der Waals surface area contributed by atoms with Crippen LogP contribution in [0, 0.1) is 11.8 Å². The molecule has 0 radical (unpaired) electrons. The minimum atomic E-state index is -0.799. The van der Waals surface area contributed by atoms with Crippen molar-refractivity contribution in [3.05, 3.63) is 0 Å². The number of carboxylic acids is 1. The molecule has 1 aliphatic carbocycles. The third kappa shape index (κ3) is 2.99. The van der Waals surface area contributed by atoms with Crippen molar-refractivity contribution in [2.45, 2.75) is 37.9 Å². The lowest BCUT2D eigenvalue weighted by atomic mass is 9.78. The lowest BCUT2D eigenvalue weighted by Gasteiger charge is -2.36. The van der Waals surface area contributed by atoms with Crippen molar-refractivity contribution in [1.29, 1.82) is 0 Å². The number of amides is 1. The molecule has 1 saturated heterocycles. The minimum Gasteiger partial charge on any atom is -0.481 e. The van der Waals surface area contributed by atoms with E-state index in [1.165, 1.54) is 0 Å². The number of rotatable bonds is 2. The molecular formula is C13H21NO3S. The van der Waals surface area contributed by atoms with Gasteiger partial charge in [-0.15, -0.1) is 0 Å². The Morgan fingerprint density at radius 2 is 1.89 bits per heavy atom. The molecule has 1 saturated carbocycles. The summed E-state index contributed by atoms with van der Waals surface area (Å²) in [5.74, 6) is -0.499. The standard InChI is InChI=1S/C13H21NO3S/c1-9-8-14(6-7-18-9)12(15)10-4-2-3-5-11(10)13(16)17/h9-11H,2-8H2,1H3,(H,16,17). The maximum Gasteiger partial charge on any atom is 0.307 e. The second kappa shape index (κ2) is 5.95. The summed E-state index contributed by atoms with van der Waals surface area (Å²) in [7, 11) is 0. The predicted octanol–water partition coefficient (Wildman–Crippen LogP) is 1.84. The Morgan fingerprint density at radius 3 is 2.50 bits per heavy atom. The van der Waals surface area contributed by atoms with Gasteiger partial charge in [-0.3, -0.25) is 9.59 Å². The molecule has 3 atom stereocenters. The van der Waals surface area contributed by atoms with Gasteiger partial charge in [0.25, 0.3) is 0 Å². The highest BCUT2D eigenvalue weighted by Crippen LogP contribution is 2.32. The highest BCUT2D eigenvalue weighted by molar-refractivity contribution is 7.99. The van der Waals surface area contributed by atoms with Gasteiger partial charge in [0.15, 0.2) is 0 Å². The van der Waals surface area contributed by atoms with Gasteiger partial charge in [-0.05, 0) is 12.8 Å². The summed E-state index contributed by atoms with van der Waals surface area (Å²) in [6, 6.07) is 0. The number of thioether (sulfide) groups is 1. The summed E-state index contributed by atoms with van der Waals surface area (Å²) in [5, 5.41) is 9.70. The molecule has 0 aromatic heterocycles. The lowest BCUT2D eigenvalue weighted by Crippen LogP contribution is -2.47. The van der Waals surface area contributed by atoms with Crippen molar-refractivity contribution >= 4 is 23.6 Å². The number of carbonyl (C=O) groups is 2. The molecule has 0 aromatic rings. The first-order chi connectivity index (χ1) is 8.59. The van der Waals surface area contributed by atoms with Crippen LogP contribution >= 0.6 is 11.8 Å². The quantitative estimate of drug-likeness (QED) is 0.832. The third-order valence-electron chi connectivity index (χ3n) is 3.95. The van der Waals surface area contributed by atoms with E-state index in [1.807, 2.05) is 16.7 Å². The number of carboxylic acid groups (broad SMARTS) is 1. The number of nitrogens with zero attached hydrogens (tertiary/aromatic N) is 1. The fourth-order valence-corrected chi connectivity index (χ4v) is 3.99. The molecule has 0 spiro atoms. The van der Waals surface area contributed by atoms with Crippen molar-refractivity contribution in [3.8, 4) is 0 Å². The molecule has 1 heterocycles. The van der Waals surface area contributed by atoms with Gasteiger partial charge in [-0.2, -0.15) is 11.8 Å². The molecule has 4 nitrogen and oxygen atoms in total. The Balaban J connectivity index is 2.03. The maximum absolute atomic E-state index is 12.5. The Morgan fingerprint density at radius 1 is 1.22 bits per heavy atom. The summed E-state index contributed by atoms with van der Waals surface area (Å²) in [5.41, 5.74) is 0. The zero-order valence-electron chi connectivity index (χ0n) is 10.8. The smallest absolute Gasteiger partial charge is 0.307 e. The normalized spacial score (nSPS) is 33.2. The van der Waals surface area contributed by atoms with Crippen LogP contribution < -0.4 is 0 Å². The highest BCUT2D eigenvalue weighted by atomic mass is 32.2. The van der Waals surface area contributed by atoms with E-state index in [2.05, 4.69) is 6.92 Å². The van der Waals surface area contributed by atoms with Gasteiger partial charge < -0.3 is 10.0 Å². The van der Waals surface area contributed by atoms with E-state index >= 15 is 0 Å². The van der Waals surface area contributed by atoms with Crippen molar-refractivity contribution in [1.82, 2.24) is 4.90 Å². The first kappa shape index (κ1) is 13.7. The molecule has 102 valence electrons. The molecule has 18 heavy (non-hydrogen) atoms. The molecule has 2 aliphatic rings.